The normalized spacial score (nSPS) is 10.4. The van der Waals surface area contributed by atoms with Gasteiger partial charge in [0.15, 0.2) is 12.4 Å². The second-order valence-electron chi connectivity index (χ2n) is 7.29. The number of rotatable bonds is 11. The molecule has 0 aliphatic rings. The molecule has 0 spiro atoms. The zero-order chi connectivity index (χ0) is 23.1. The standard InChI is InChI=1S/C25H26O7.Na.H/c1-3-17-13-22(16(2)26)23(27)14-24(17)31-10-4-9-30-20-7-5-18-6-8-21(12-19(18)11-20)32-15-25(28)29;;/h5-8,11-14,27H,3-4,9-10,15H2,1-2H3,(H,28,29);;. The van der Waals surface area contributed by atoms with Gasteiger partial charge in [-0.15, -0.1) is 0 Å². The van der Waals surface area contributed by atoms with E-state index in [9.17, 15) is 14.7 Å². The van der Waals surface area contributed by atoms with Crippen molar-refractivity contribution in [2.24, 2.45) is 0 Å². The van der Waals surface area contributed by atoms with E-state index in [1.165, 1.54) is 13.0 Å². The maximum atomic E-state index is 11.6. The van der Waals surface area contributed by atoms with Crippen LogP contribution in [0.2, 0.25) is 0 Å². The summed E-state index contributed by atoms with van der Waals surface area (Å²) in [4.78, 5) is 22.3. The summed E-state index contributed by atoms with van der Waals surface area (Å²) in [6.07, 6.45) is 1.31. The first kappa shape index (κ1) is 26.5. The predicted molar refractivity (Wildman–Crippen MR) is 127 cm³/mol. The second kappa shape index (κ2) is 12.5. The molecule has 0 atom stereocenters. The first-order valence-electron chi connectivity index (χ1n) is 10.4. The van der Waals surface area contributed by atoms with Crippen molar-refractivity contribution in [2.45, 2.75) is 26.7 Å². The van der Waals surface area contributed by atoms with Gasteiger partial charge in [-0.2, -0.15) is 0 Å². The Morgan fingerprint density at radius 1 is 0.879 bits per heavy atom. The minimum atomic E-state index is -1.03. The van der Waals surface area contributed by atoms with Crippen molar-refractivity contribution in [3.63, 3.8) is 0 Å². The molecule has 0 saturated heterocycles. The minimum absolute atomic E-state index is 0. The Bertz CT molecular complexity index is 1130. The van der Waals surface area contributed by atoms with E-state index in [2.05, 4.69) is 0 Å². The summed E-state index contributed by atoms with van der Waals surface area (Å²) in [7, 11) is 0. The van der Waals surface area contributed by atoms with Crippen LogP contribution in [0.15, 0.2) is 48.5 Å². The number of benzene rings is 3. The van der Waals surface area contributed by atoms with Crippen LogP contribution in [0.1, 0.15) is 36.2 Å². The number of ketones is 1. The third-order valence-electron chi connectivity index (χ3n) is 4.90. The fourth-order valence-electron chi connectivity index (χ4n) is 3.27. The van der Waals surface area contributed by atoms with E-state index in [0.717, 1.165) is 16.3 Å². The molecule has 8 heteroatoms. The number of phenols is 1. The molecule has 0 fully saturated rings. The molecule has 3 rings (SSSR count). The van der Waals surface area contributed by atoms with Crippen molar-refractivity contribution >= 4 is 52.1 Å². The third-order valence-corrected chi connectivity index (χ3v) is 4.90. The van der Waals surface area contributed by atoms with Crippen LogP contribution in [-0.4, -0.2) is 71.3 Å². The van der Waals surface area contributed by atoms with Crippen molar-refractivity contribution in [1.82, 2.24) is 0 Å². The van der Waals surface area contributed by atoms with Gasteiger partial charge in [0.05, 0.1) is 18.8 Å². The molecule has 0 aliphatic heterocycles. The van der Waals surface area contributed by atoms with E-state index in [1.807, 2.05) is 31.2 Å². The average Bonchev–Trinajstić information content (AvgIpc) is 2.77. The monoisotopic (exact) mass is 462 g/mol. The van der Waals surface area contributed by atoms with Crippen molar-refractivity contribution in [1.29, 1.82) is 0 Å². The Hall–Kier alpha value is -2.74. The molecule has 0 bridgehead atoms. The summed E-state index contributed by atoms with van der Waals surface area (Å²) in [5, 5.41) is 20.7. The van der Waals surface area contributed by atoms with Crippen molar-refractivity contribution in [3.8, 4) is 23.0 Å². The van der Waals surface area contributed by atoms with Gasteiger partial charge in [0.2, 0.25) is 0 Å². The second-order valence-corrected chi connectivity index (χ2v) is 7.29. The van der Waals surface area contributed by atoms with Gasteiger partial charge in [-0.05, 0) is 60.0 Å². The number of aliphatic carboxylic acids is 1. The van der Waals surface area contributed by atoms with Crippen molar-refractivity contribution in [3.05, 3.63) is 59.7 Å². The van der Waals surface area contributed by atoms with E-state index in [0.29, 0.717) is 48.9 Å². The zero-order valence-electron chi connectivity index (χ0n) is 18.1. The number of carbonyl (C=O) groups excluding carboxylic acids is 1. The number of hydrogen-bond acceptors (Lipinski definition) is 6. The van der Waals surface area contributed by atoms with E-state index in [4.69, 9.17) is 19.3 Å². The van der Waals surface area contributed by atoms with Crippen LogP contribution in [0.4, 0.5) is 0 Å². The molecule has 0 amide bonds. The molecule has 0 aliphatic carbocycles. The first-order valence-corrected chi connectivity index (χ1v) is 10.4. The third kappa shape index (κ3) is 7.39. The molecular weight excluding hydrogens is 435 g/mol. The number of aryl methyl sites for hydroxylation is 1. The van der Waals surface area contributed by atoms with Gasteiger partial charge < -0.3 is 24.4 Å². The summed E-state index contributed by atoms with van der Waals surface area (Å²) < 4.78 is 16.8. The maximum absolute atomic E-state index is 11.6. The number of hydrogen-bond donors (Lipinski definition) is 2. The first-order chi connectivity index (χ1) is 15.4. The molecule has 0 radical (unpaired) electrons. The molecule has 33 heavy (non-hydrogen) atoms. The molecule has 3 aromatic carbocycles. The van der Waals surface area contributed by atoms with Crippen LogP contribution in [0.25, 0.3) is 10.8 Å². The topological polar surface area (TPSA) is 102 Å². The summed E-state index contributed by atoms with van der Waals surface area (Å²) in [6, 6.07) is 14.2. The molecule has 0 heterocycles. The predicted octanol–water partition coefficient (Wildman–Crippen LogP) is 3.97. The Morgan fingerprint density at radius 2 is 1.52 bits per heavy atom. The molecule has 2 N–H and O–H groups in total. The van der Waals surface area contributed by atoms with Crippen LogP contribution in [0.5, 0.6) is 23.0 Å². The SMILES string of the molecule is CCc1cc(C(C)=O)c(O)cc1OCCCOc1ccc2ccc(OCC(=O)O)cc2c1.[NaH]. The number of aromatic hydroxyl groups is 1. The number of carbonyl (C=O) groups is 2. The number of carboxylic acids is 1. The van der Waals surface area contributed by atoms with E-state index in [-0.39, 0.29) is 41.1 Å². The molecule has 3 aromatic rings. The van der Waals surface area contributed by atoms with Gasteiger partial charge in [-0.1, -0.05) is 19.1 Å². The van der Waals surface area contributed by atoms with Crippen LogP contribution in [0, 0.1) is 0 Å². The summed E-state index contributed by atoms with van der Waals surface area (Å²) >= 11 is 0. The number of phenolic OH excluding ortho intramolecular Hbond substituents is 1. The van der Waals surface area contributed by atoms with Crippen LogP contribution < -0.4 is 14.2 Å². The molecule has 0 aromatic heterocycles. The molecule has 0 unspecified atom stereocenters. The molecule has 170 valence electrons. The van der Waals surface area contributed by atoms with Crippen LogP contribution in [0.3, 0.4) is 0 Å². The van der Waals surface area contributed by atoms with Gasteiger partial charge in [-0.25, -0.2) is 4.79 Å². The van der Waals surface area contributed by atoms with E-state index >= 15 is 0 Å². The van der Waals surface area contributed by atoms with Crippen molar-refractivity contribution in [2.75, 3.05) is 19.8 Å². The van der Waals surface area contributed by atoms with Crippen LogP contribution in [-0.2, 0) is 11.2 Å². The van der Waals surface area contributed by atoms with E-state index in [1.54, 1.807) is 18.2 Å². The number of carboxylic acid groups (broad SMARTS) is 1. The Morgan fingerprint density at radius 3 is 2.12 bits per heavy atom. The van der Waals surface area contributed by atoms with Crippen LogP contribution >= 0.6 is 0 Å². The Balaban J connectivity index is 0.00000385. The zero-order valence-corrected chi connectivity index (χ0v) is 18.1. The Labute approximate surface area is 214 Å². The fraction of sp³-hybridized carbons (Fsp3) is 0.280. The van der Waals surface area contributed by atoms with Crippen molar-refractivity contribution < 1.29 is 34.0 Å². The molecular formula is C25H27NaO7. The fourth-order valence-corrected chi connectivity index (χ4v) is 3.27. The van der Waals surface area contributed by atoms with Gasteiger partial charge in [0, 0.05) is 12.5 Å². The number of fused-ring (bicyclic) bond motifs is 1. The summed E-state index contributed by atoms with van der Waals surface area (Å²) in [5.41, 5.74) is 1.16. The quantitative estimate of drug-likeness (QED) is 0.253. The molecule has 0 saturated carbocycles. The van der Waals surface area contributed by atoms with Gasteiger partial charge in [0.1, 0.15) is 23.0 Å². The number of Topliss-reactive ketones (excluding diaryl/α,β-unsaturated/α-hetero) is 1. The Kier molecular flexibility index (Phi) is 10.0. The van der Waals surface area contributed by atoms with Gasteiger partial charge in [-0.3, -0.25) is 4.79 Å². The number of ether oxygens (including phenoxy) is 3. The summed E-state index contributed by atoms with van der Waals surface area (Å²) in [5.74, 6) is 0.439. The molecule has 7 nitrogen and oxygen atoms in total. The summed E-state index contributed by atoms with van der Waals surface area (Å²) in [6.45, 7) is 3.82. The average molecular weight is 462 g/mol. The van der Waals surface area contributed by atoms with E-state index < -0.39 is 12.6 Å². The van der Waals surface area contributed by atoms with Gasteiger partial charge in [0.25, 0.3) is 0 Å². The van der Waals surface area contributed by atoms with Gasteiger partial charge >= 0.3 is 35.5 Å².